The topological polar surface area (TPSA) is 77.1 Å². The number of nitrogens with zero attached hydrogens (tertiary/aromatic N) is 1. The quantitative estimate of drug-likeness (QED) is 0.494. The summed E-state index contributed by atoms with van der Waals surface area (Å²) in [5.41, 5.74) is 2.41. The molecule has 0 radical (unpaired) electrons. The van der Waals surface area contributed by atoms with Crippen LogP contribution in [0.5, 0.6) is 5.75 Å². The fraction of sp³-hybridized carbons (Fsp3) is 0.516. The Morgan fingerprint density at radius 3 is 2.83 bits per heavy atom. The average molecular weight is 585 g/mol. The molecule has 2 bridgehead atoms. The van der Waals surface area contributed by atoms with Gasteiger partial charge in [-0.2, -0.15) is 0 Å². The Balaban J connectivity index is 1.38. The van der Waals surface area contributed by atoms with Gasteiger partial charge in [-0.15, -0.1) is 0 Å². The molecular formula is C31H37ClN2O5S. The third kappa shape index (κ3) is 5.20. The Hall–Kier alpha value is -2.39. The number of nitrogens with one attached hydrogen (secondary N) is 1. The van der Waals surface area contributed by atoms with Crippen molar-refractivity contribution in [1.29, 1.82) is 0 Å². The van der Waals surface area contributed by atoms with Crippen molar-refractivity contribution in [3.8, 4) is 5.75 Å². The van der Waals surface area contributed by atoms with Gasteiger partial charge in [-0.25, -0.2) is 4.21 Å². The molecule has 2 aromatic rings. The number of fused-ring (bicyclic) bond motifs is 3. The van der Waals surface area contributed by atoms with Crippen molar-refractivity contribution < 1.29 is 23.2 Å². The lowest BCUT2D eigenvalue weighted by atomic mass is 9.82. The zero-order valence-electron chi connectivity index (χ0n) is 23.1. The van der Waals surface area contributed by atoms with E-state index in [1.54, 1.807) is 13.2 Å². The number of carbonyl (C=O) groups excluding carboxylic acids is 1. The molecule has 0 saturated heterocycles. The Kier molecular flexibility index (Phi) is 7.72. The van der Waals surface area contributed by atoms with Crippen molar-refractivity contribution in [3.05, 3.63) is 64.7 Å². The molecule has 6 rings (SSSR count). The van der Waals surface area contributed by atoms with Crippen LogP contribution in [0.25, 0.3) is 0 Å². The van der Waals surface area contributed by atoms with Crippen LogP contribution in [0.4, 0.5) is 5.69 Å². The largest absolute Gasteiger partial charge is 0.490 e. The maximum atomic E-state index is 13.4. The van der Waals surface area contributed by atoms with Gasteiger partial charge < -0.3 is 19.1 Å². The summed E-state index contributed by atoms with van der Waals surface area (Å²) >= 11 is 6.35. The van der Waals surface area contributed by atoms with E-state index in [1.807, 2.05) is 24.3 Å². The van der Waals surface area contributed by atoms with Gasteiger partial charge in [-0.1, -0.05) is 43.2 Å². The zero-order valence-corrected chi connectivity index (χ0v) is 24.7. The second-order valence-electron chi connectivity index (χ2n) is 11.5. The van der Waals surface area contributed by atoms with Gasteiger partial charge in [0.1, 0.15) is 11.4 Å². The first-order valence-electron chi connectivity index (χ1n) is 14.2. The molecule has 0 aromatic heterocycles. The lowest BCUT2D eigenvalue weighted by Gasteiger charge is -2.35. The van der Waals surface area contributed by atoms with Gasteiger partial charge in [0, 0.05) is 30.6 Å². The molecule has 1 N–H and O–H groups in total. The highest BCUT2D eigenvalue weighted by molar-refractivity contribution is 7.83. The van der Waals surface area contributed by atoms with Crippen LogP contribution in [0, 0.1) is 5.92 Å². The SMILES string of the molecule is CCC1CCN2CC3(CCc4cc(Cl)ccc43)COc3ccc(cc32)S(=O)NC(=O)C2(CC2)OC/C=C/C1OC. The molecule has 2 aromatic carbocycles. The van der Waals surface area contributed by atoms with E-state index in [2.05, 4.69) is 34.8 Å². The van der Waals surface area contributed by atoms with Crippen LogP contribution in [-0.2, 0) is 37.1 Å². The molecule has 4 aliphatic rings. The van der Waals surface area contributed by atoms with E-state index in [4.69, 9.17) is 25.8 Å². The number of amides is 1. The number of aryl methyl sites for hydroxylation is 1. The maximum absolute atomic E-state index is 13.4. The average Bonchev–Trinajstić information content (AvgIpc) is 3.70. The molecule has 4 unspecified atom stereocenters. The number of carbonyl (C=O) groups is 1. The minimum atomic E-state index is -1.72. The van der Waals surface area contributed by atoms with E-state index in [1.165, 1.54) is 11.1 Å². The number of hydrogen-bond acceptors (Lipinski definition) is 6. The van der Waals surface area contributed by atoms with Gasteiger partial charge in [0.15, 0.2) is 11.0 Å². The maximum Gasteiger partial charge on any atom is 0.264 e. The summed E-state index contributed by atoms with van der Waals surface area (Å²) in [6, 6.07) is 11.8. The fourth-order valence-electron chi connectivity index (χ4n) is 6.54. The highest BCUT2D eigenvalue weighted by atomic mass is 35.5. The molecule has 4 atom stereocenters. The number of methoxy groups -OCH3 is 1. The molecule has 2 spiro atoms. The van der Waals surface area contributed by atoms with Gasteiger partial charge in [-0.3, -0.25) is 9.52 Å². The zero-order chi connectivity index (χ0) is 27.9. The second-order valence-corrected chi connectivity index (χ2v) is 13.2. The van der Waals surface area contributed by atoms with Crippen LogP contribution in [-0.4, -0.2) is 55.2 Å². The number of halogens is 1. The van der Waals surface area contributed by atoms with Gasteiger partial charge in [0.05, 0.1) is 29.9 Å². The minimum Gasteiger partial charge on any atom is -0.490 e. The molecule has 2 aliphatic carbocycles. The molecule has 1 saturated carbocycles. The minimum absolute atomic E-state index is 0.0599. The molecule has 2 heterocycles. The van der Waals surface area contributed by atoms with Crippen molar-refractivity contribution >= 4 is 34.2 Å². The highest BCUT2D eigenvalue weighted by Gasteiger charge is 2.52. The highest BCUT2D eigenvalue weighted by Crippen LogP contribution is 2.46. The van der Waals surface area contributed by atoms with Crippen LogP contribution in [0.1, 0.15) is 50.2 Å². The summed E-state index contributed by atoms with van der Waals surface area (Å²) in [6.07, 6.45) is 9.00. The standard InChI is InChI=1S/C31H37ClN2O5S/c1-3-21-11-15-34-19-30(12-10-22-17-23(32)6-8-25(22)30)20-38-28-9-7-24(18-26(28)34)40(36)33-29(35)31(13-14-31)39-16-4-5-27(21)37-2/h4-9,17-18,21,27H,3,10-16,19-20H2,1-2H3,(H,33,35)/b5-4+. The fourth-order valence-corrected chi connectivity index (χ4v) is 7.61. The first kappa shape index (κ1) is 27.8. The Morgan fingerprint density at radius 1 is 1.20 bits per heavy atom. The van der Waals surface area contributed by atoms with E-state index < -0.39 is 16.6 Å². The van der Waals surface area contributed by atoms with E-state index in [0.717, 1.165) is 55.2 Å². The molecule has 9 heteroatoms. The smallest absolute Gasteiger partial charge is 0.264 e. The molecule has 1 amide bonds. The number of anilines is 1. The van der Waals surface area contributed by atoms with Crippen LogP contribution in [0.15, 0.2) is 53.4 Å². The summed E-state index contributed by atoms with van der Waals surface area (Å²) in [5.74, 6) is 0.734. The summed E-state index contributed by atoms with van der Waals surface area (Å²) in [7, 11) is 0.0335. The Morgan fingerprint density at radius 2 is 2.05 bits per heavy atom. The predicted octanol–water partition coefficient (Wildman–Crippen LogP) is 5.11. The second kappa shape index (κ2) is 11.1. The summed E-state index contributed by atoms with van der Waals surface area (Å²) in [5, 5.41) is 0.760. The van der Waals surface area contributed by atoms with E-state index in [9.17, 15) is 9.00 Å². The summed E-state index contributed by atoms with van der Waals surface area (Å²) in [6.45, 7) is 4.63. The Labute approximate surface area is 243 Å². The van der Waals surface area contributed by atoms with Crippen molar-refractivity contribution in [3.63, 3.8) is 0 Å². The van der Waals surface area contributed by atoms with Crippen molar-refractivity contribution in [2.24, 2.45) is 5.92 Å². The first-order chi connectivity index (χ1) is 19.4. The Bertz CT molecular complexity index is 1350. The van der Waals surface area contributed by atoms with Crippen LogP contribution in [0.2, 0.25) is 5.02 Å². The lowest BCUT2D eigenvalue weighted by Crippen LogP contribution is -2.43. The van der Waals surface area contributed by atoms with Crippen molar-refractivity contribution in [2.45, 2.75) is 67.5 Å². The van der Waals surface area contributed by atoms with Gasteiger partial charge >= 0.3 is 0 Å². The number of rotatable bonds is 2. The van der Waals surface area contributed by atoms with Gasteiger partial charge in [0.25, 0.3) is 5.91 Å². The van der Waals surface area contributed by atoms with E-state index >= 15 is 0 Å². The first-order valence-corrected chi connectivity index (χ1v) is 15.8. The van der Waals surface area contributed by atoms with Crippen molar-refractivity contribution in [1.82, 2.24) is 4.72 Å². The molecule has 7 nitrogen and oxygen atoms in total. The third-order valence-electron chi connectivity index (χ3n) is 9.11. The number of ether oxygens (including phenoxy) is 3. The van der Waals surface area contributed by atoms with Gasteiger partial charge in [0.2, 0.25) is 0 Å². The monoisotopic (exact) mass is 584 g/mol. The molecule has 1 fully saturated rings. The predicted molar refractivity (Wildman–Crippen MR) is 156 cm³/mol. The number of benzene rings is 2. The van der Waals surface area contributed by atoms with Crippen LogP contribution < -0.4 is 14.4 Å². The molecule has 40 heavy (non-hydrogen) atoms. The number of hydrogen-bond donors (Lipinski definition) is 1. The third-order valence-corrected chi connectivity index (χ3v) is 10.4. The summed E-state index contributed by atoms with van der Waals surface area (Å²) in [4.78, 5) is 16.0. The normalized spacial score (nSPS) is 30.3. The molecule has 2 aliphatic heterocycles. The molecular weight excluding hydrogens is 548 g/mol. The summed E-state index contributed by atoms with van der Waals surface area (Å²) < 4.78 is 34.4. The van der Waals surface area contributed by atoms with Crippen LogP contribution in [0.3, 0.4) is 0 Å². The van der Waals surface area contributed by atoms with Crippen molar-refractivity contribution in [2.75, 3.05) is 38.3 Å². The lowest BCUT2D eigenvalue weighted by molar-refractivity contribution is -0.132. The van der Waals surface area contributed by atoms with Gasteiger partial charge in [-0.05, 0) is 79.5 Å². The van der Waals surface area contributed by atoms with E-state index in [-0.39, 0.29) is 17.4 Å². The van der Waals surface area contributed by atoms with E-state index in [0.29, 0.717) is 36.9 Å². The molecule has 214 valence electrons. The van der Waals surface area contributed by atoms with Crippen LogP contribution >= 0.6 is 11.6 Å².